The van der Waals surface area contributed by atoms with Gasteiger partial charge in [-0.25, -0.2) is 4.98 Å². The Kier molecular flexibility index (Phi) is 3.80. The minimum atomic E-state index is 0.111. The van der Waals surface area contributed by atoms with Crippen LogP contribution in [0.4, 0.5) is 0 Å². The predicted octanol–water partition coefficient (Wildman–Crippen LogP) is 2.20. The second kappa shape index (κ2) is 5.73. The molecule has 0 radical (unpaired) electrons. The number of hydrogen-bond donors (Lipinski definition) is 0. The van der Waals surface area contributed by atoms with Crippen LogP contribution in [0.15, 0.2) is 35.8 Å². The molecule has 2 aromatic rings. The van der Waals surface area contributed by atoms with Gasteiger partial charge in [0.1, 0.15) is 4.88 Å². The van der Waals surface area contributed by atoms with E-state index in [4.69, 9.17) is 0 Å². The lowest BCUT2D eigenvalue weighted by Gasteiger charge is -2.32. The summed E-state index contributed by atoms with van der Waals surface area (Å²) in [6.45, 7) is 3.46. The number of amides is 1. The molecule has 1 aliphatic heterocycles. The van der Waals surface area contributed by atoms with Crippen molar-refractivity contribution in [2.75, 3.05) is 33.2 Å². The molecule has 1 aromatic heterocycles. The van der Waals surface area contributed by atoms with Crippen LogP contribution in [-0.2, 0) is 0 Å². The van der Waals surface area contributed by atoms with Crippen molar-refractivity contribution in [2.24, 2.45) is 0 Å². The lowest BCUT2D eigenvalue weighted by molar-refractivity contribution is 0.0669. The van der Waals surface area contributed by atoms with Crippen molar-refractivity contribution in [2.45, 2.75) is 0 Å². The maximum Gasteiger partial charge on any atom is 0.266 e. The SMILES string of the molecule is CN1CCN(C(=O)c2scnc2-c2ccccc2)CC1. The molecule has 2 heterocycles. The van der Waals surface area contributed by atoms with Gasteiger partial charge in [0.05, 0.1) is 11.2 Å². The molecule has 1 aromatic carbocycles. The third-order valence-corrected chi connectivity index (χ3v) is 4.41. The van der Waals surface area contributed by atoms with Crippen LogP contribution in [0.5, 0.6) is 0 Å². The zero-order valence-electron chi connectivity index (χ0n) is 11.5. The van der Waals surface area contributed by atoms with Gasteiger partial charge in [-0.3, -0.25) is 4.79 Å². The molecule has 0 atom stereocenters. The molecule has 5 heteroatoms. The quantitative estimate of drug-likeness (QED) is 0.849. The molecule has 0 N–H and O–H groups in total. The topological polar surface area (TPSA) is 36.4 Å². The number of rotatable bonds is 2. The van der Waals surface area contributed by atoms with Crippen molar-refractivity contribution in [1.82, 2.24) is 14.8 Å². The Hall–Kier alpha value is -1.72. The molecular weight excluding hydrogens is 270 g/mol. The van der Waals surface area contributed by atoms with Gasteiger partial charge in [-0.05, 0) is 7.05 Å². The van der Waals surface area contributed by atoms with Crippen LogP contribution in [0.1, 0.15) is 9.67 Å². The van der Waals surface area contributed by atoms with E-state index in [0.29, 0.717) is 0 Å². The van der Waals surface area contributed by atoms with Crippen molar-refractivity contribution in [3.63, 3.8) is 0 Å². The number of hydrogen-bond acceptors (Lipinski definition) is 4. The summed E-state index contributed by atoms with van der Waals surface area (Å²) in [4.78, 5) is 21.9. The first-order valence-corrected chi connectivity index (χ1v) is 7.60. The highest BCUT2D eigenvalue weighted by atomic mass is 32.1. The minimum Gasteiger partial charge on any atom is -0.335 e. The van der Waals surface area contributed by atoms with E-state index in [1.54, 1.807) is 5.51 Å². The fourth-order valence-corrected chi connectivity index (χ4v) is 3.13. The summed E-state index contributed by atoms with van der Waals surface area (Å²) >= 11 is 1.43. The van der Waals surface area contributed by atoms with Gasteiger partial charge in [-0.2, -0.15) is 0 Å². The largest absolute Gasteiger partial charge is 0.335 e. The van der Waals surface area contributed by atoms with Crippen LogP contribution in [0, 0.1) is 0 Å². The predicted molar refractivity (Wildman–Crippen MR) is 81.0 cm³/mol. The molecule has 0 bridgehead atoms. The summed E-state index contributed by atoms with van der Waals surface area (Å²) in [5.41, 5.74) is 3.57. The monoisotopic (exact) mass is 287 g/mol. The van der Waals surface area contributed by atoms with Crippen molar-refractivity contribution < 1.29 is 4.79 Å². The van der Waals surface area contributed by atoms with Gasteiger partial charge in [0.2, 0.25) is 0 Å². The van der Waals surface area contributed by atoms with Gasteiger partial charge >= 0.3 is 0 Å². The molecule has 1 aliphatic rings. The average Bonchev–Trinajstić information content (AvgIpc) is 2.97. The first-order valence-electron chi connectivity index (χ1n) is 6.72. The Morgan fingerprint density at radius 3 is 2.55 bits per heavy atom. The molecule has 0 saturated carbocycles. The van der Waals surface area contributed by atoms with E-state index < -0.39 is 0 Å². The Morgan fingerprint density at radius 2 is 1.85 bits per heavy atom. The van der Waals surface area contributed by atoms with E-state index >= 15 is 0 Å². The van der Waals surface area contributed by atoms with Gasteiger partial charge < -0.3 is 9.80 Å². The highest BCUT2D eigenvalue weighted by Gasteiger charge is 2.24. The van der Waals surface area contributed by atoms with E-state index in [1.807, 2.05) is 35.2 Å². The van der Waals surface area contributed by atoms with E-state index in [1.165, 1.54) is 11.3 Å². The number of aromatic nitrogens is 1. The molecule has 1 amide bonds. The van der Waals surface area contributed by atoms with Gasteiger partial charge in [-0.1, -0.05) is 30.3 Å². The standard InChI is InChI=1S/C15H17N3OS/c1-17-7-9-18(10-8-17)15(19)14-13(16-11-20-14)12-5-3-2-4-6-12/h2-6,11H,7-10H2,1H3. The average molecular weight is 287 g/mol. The van der Waals surface area contributed by atoms with E-state index in [2.05, 4.69) is 16.9 Å². The van der Waals surface area contributed by atoms with Crippen molar-refractivity contribution >= 4 is 17.2 Å². The minimum absolute atomic E-state index is 0.111. The van der Waals surface area contributed by atoms with Crippen LogP contribution in [-0.4, -0.2) is 53.9 Å². The molecule has 1 saturated heterocycles. The fourth-order valence-electron chi connectivity index (χ4n) is 2.35. The first kappa shape index (κ1) is 13.3. The number of nitrogens with zero attached hydrogens (tertiary/aromatic N) is 3. The third kappa shape index (κ3) is 2.59. The summed E-state index contributed by atoms with van der Waals surface area (Å²) in [5.74, 6) is 0.111. The molecule has 4 nitrogen and oxygen atoms in total. The highest BCUT2D eigenvalue weighted by molar-refractivity contribution is 7.12. The smallest absolute Gasteiger partial charge is 0.266 e. The molecule has 3 rings (SSSR count). The number of benzene rings is 1. The maximum absolute atomic E-state index is 12.6. The summed E-state index contributed by atoms with van der Waals surface area (Å²) < 4.78 is 0. The van der Waals surface area contributed by atoms with Crippen LogP contribution in [0.2, 0.25) is 0 Å². The van der Waals surface area contributed by atoms with E-state index in [0.717, 1.165) is 42.3 Å². The lowest BCUT2D eigenvalue weighted by atomic mass is 10.1. The fraction of sp³-hybridized carbons (Fsp3) is 0.333. The first-order chi connectivity index (χ1) is 9.75. The zero-order valence-corrected chi connectivity index (χ0v) is 12.3. The normalized spacial score (nSPS) is 16.4. The van der Waals surface area contributed by atoms with Crippen LogP contribution in [0.25, 0.3) is 11.3 Å². The zero-order chi connectivity index (χ0) is 13.9. The molecule has 0 unspecified atom stereocenters. The van der Waals surface area contributed by atoms with Crippen molar-refractivity contribution in [3.8, 4) is 11.3 Å². The van der Waals surface area contributed by atoms with Gasteiger partial charge in [0.15, 0.2) is 0 Å². The summed E-state index contributed by atoms with van der Waals surface area (Å²) in [5, 5.41) is 0. The van der Waals surface area contributed by atoms with Crippen LogP contribution >= 0.6 is 11.3 Å². The number of likely N-dealkylation sites (N-methyl/N-ethyl adjacent to an activating group) is 1. The van der Waals surface area contributed by atoms with Gasteiger partial charge in [0.25, 0.3) is 5.91 Å². The maximum atomic E-state index is 12.6. The Labute approximate surface area is 122 Å². The Morgan fingerprint density at radius 1 is 1.15 bits per heavy atom. The lowest BCUT2D eigenvalue weighted by Crippen LogP contribution is -2.47. The molecule has 0 spiro atoms. The molecule has 1 fully saturated rings. The van der Waals surface area contributed by atoms with Crippen LogP contribution < -0.4 is 0 Å². The molecule has 0 aliphatic carbocycles. The second-order valence-corrected chi connectivity index (χ2v) is 5.85. The molecule has 20 heavy (non-hydrogen) atoms. The van der Waals surface area contributed by atoms with Crippen molar-refractivity contribution in [1.29, 1.82) is 0 Å². The molecule has 104 valence electrons. The summed E-state index contributed by atoms with van der Waals surface area (Å²) in [6.07, 6.45) is 0. The van der Waals surface area contributed by atoms with Crippen LogP contribution in [0.3, 0.4) is 0 Å². The summed E-state index contributed by atoms with van der Waals surface area (Å²) in [6, 6.07) is 9.90. The van der Waals surface area contributed by atoms with E-state index in [9.17, 15) is 4.79 Å². The van der Waals surface area contributed by atoms with Gasteiger partial charge in [-0.15, -0.1) is 11.3 Å². The highest BCUT2D eigenvalue weighted by Crippen LogP contribution is 2.26. The van der Waals surface area contributed by atoms with Gasteiger partial charge in [0, 0.05) is 31.7 Å². The Bertz CT molecular complexity index is 588. The molecular formula is C15H17N3OS. The number of thiazole rings is 1. The van der Waals surface area contributed by atoms with Crippen molar-refractivity contribution in [3.05, 3.63) is 40.7 Å². The number of carbonyl (C=O) groups is 1. The van der Waals surface area contributed by atoms with E-state index in [-0.39, 0.29) is 5.91 Å². The summed E-state index contributed by atoms with van der Waals surface area (Å²) in [7, 11) is 2.09. The Balaban J connectivity index is 1.85. The number of carbonyl (C=O) groups excluding carboxylic acids is 1. The number of piperazine rings is 1. The second-order valence-electron chi connectivity index (χ2n) is 4.99. The third-order valence-electron chi connectivity index (χ3n) is 3.60.